The van der Waals surface area contributed by atoms with Gasteiger partial charge in [-0.1, -0.05) is 5.16 Å². The van der Waals surface area contributed by atoms with Gasteiger partial charge in [-0.05, 0) is 31.0 Å². The molecule has 0 spiro atoms. The normalized spacial score (nSPS) is 18.7. The van der Waals surface area contributed by atoms with Crippen molar-refractivity contribution in [1.29, 1.82) is 0 Å². The molecule has 2 N–H and O–H groups in total. The Bertz CT molecular complexity index is 816. The summed E-state index contributed by atoms with van der Waals surface area (Å²) in [6, 6.07) is 7.22. The highest BCUT2D eigenvalue weighted by Crippen LogP contribution is 2.36. The van der Waals surface area contributed by atoms with Gasteiger partial charge in [0.25, 0.3) is 0 Å². The number of piperidine rings is 1. The number of nitrogens with zero attached hydrogens (tertiary/aromatic N) is 1. The molecular weight excluding hydrogens is 326 g/mol. The van der Waals surface area contributed by atoms with Gasteiger partial charge in [0.15, 0.2) is 17.3 Å². The van der Waals surface area contributed by atoms with Crippen LogP contribution in [0.5, 0.6) is 11.5 Å². The molecule has 2 aliphatic rings. The van der Waals surface area contributed by atoms with E-state index >= 15 is 0 Å². The zero-order valence-electron chi connectivity index (χ0n) is 13.4. The van der Waals surface area contributed by atoms with Crippen LogP contribution in [0.25, 0.3) is 11.3 Å². The van der Waals surface area contributed by atoms with Crippen molar-refractivity contribution >= 4 is 11.8 Å². The van der Waals surface area contributed by atoms with Crippen LogP contribution in [0.2, 0.25) is 0 Å². The summed E-state index contributed by atoms with van der Waals surface area (Å²) in [5, 5.41) is 9.40. The molecule has 2 aliphatic heterocycles. The SMILES string of the molecule is O=C1NCCCC1C(=O)NCc1cc(-c2ccc3c(c2)OCO3)on1. The minimum absolute atomic E-state index is 0.205. The molecule has 0 radical (unpaired) electrons. The van der Waals surface area contributed by atoms with E-state index in [4.69, 9.17) is 14.0 Å². The van der Waals surface area contributed by atoms with Crippen LogP contribution < -0.4 is 20.1 Å². The monoisotopic (exact) mass is 343 g/mol. The minimum Gasteiger partial charge on any atom is -0.454 e. The summed E-state index contributed by atoms with van der Waals surface area (Å²) < 4.78 is 16.0. The molecule has 1 atom stereocenters. The van der Waals surface area contributed by atoms with E-state index < -0.39 is 5.92 Å². The Labute approximate surface area is 143 Å². The van der Waals surface area contributed by atoms with E-state index in [-0.39, 0.29) is 25.2 Å². The van der Waals surface area contributed by atoms with E-state index in [1.165, 1.54) is 0 Å². The maximum Gasteiger partial charge on any atom is 0.232 e. The summed E-state index contributed by atoms with van der Waals surface area (Å²) in [6.45, 7) is 1.04. The van der Waals surface area contributed by atoms with Crippen LogP contribution in [0.1, 0.15) is 18.5 Å². The van der Waals surface area contributed by atoms with Gasteiger partial charge in [0, 0.05) is 18.2 Å². The lowest BCUT2D eigenvalue weighted by Crippen LogP contribution is -2.44. The molecule has 8 nitrogen and oxygen atoms in total. The molecule has 8 heteroatoms. The highest BCUT2D eigenvalue weighted by molar-refractivity contribution is 6.00. The van der Waals surface area contributed by atoms with E-state index in [1.807, 2.05) is 18.2 Å². The third kappa shape index (κ3) is 3.15. The third-order valence-corrected chi connectivity index (χ3v) is 4.26. The standard InChI is InChI=1S/C17H17N3O5/c21-16-12(2-1-5-18-16)17(22)19-8-11-7-14(25-20-11)10-3-4-13-15(6-10)24-9-23-13/h3-4,6-7,12H,1-2,5,8-9H2,(H,18,21)(H,19,22). The van der Waals surface area contributed by atoms with Crippen molar-refractivity contribution in [1.82, 2.24) is 15.8 Å². The van der Waals surface area contributed by atoms with Crippen LogP contribution in [-0.4, -0.2) is 30.3 Å². The van der Waals surface area contributed by atoms with Crippen LogP contribution in [0, 0.1) is 5.92 Å². The predicted molar refractivity (Wildman–Crippen MR) is 85.6 cm³/mol. The number of fused-ring (bicyclic) bond motifs is 1. The molecule has 0 saturated carbocycles. The first-order valence-corrected chi connectivity index (χ1v) is 8.12. The summed E-state index contributed by atoms with van der Waals surface area (Å²) in [6.07, 6.45) is 1.38. The molecule has 0 bridgehead atoms. The van der Waals surface area contributed by atoms with Gasteiger partial charge < -0.3 is 24.6 Å². The molecule has 1 aromatic heterocycles. The molecule has 25 heavy (non-hydrogen) atoms. The van der Waals surface area contributed by atoms with E-state index in [2.05, 4.69) is 15.8 Å². The second kappa shape index (κ2) is 6.46. The van der Waals surface area contributed by atoms with E-state index in [0.717, 1.165) is 12.0 Å². The fourth-order valence-corrected chi connectivity index (χ4v) is 2.90. The minimum atomic E-state index is -0.631. The van der Waals surface area contributed by atoms with Crippen LogP contribution >= 0.6 is 0 Å². The van der Waals surface area contributed by atoms with Crippen molar-refractivity contribution in [2.45, 2.75) is 19.4 Å². The lowest BCUT2D eigenvalue weighted by atomic mass is 9.98. The fourth-order valence-electron chi connectivity index (χ4n) is 2.90. The van der Waals surface area contributed by atoms with Gasteiger partial charge in [0.2, 0.25) is 18.6 Å². The van der Waals surface area contributed by atoms with Gasteiger partial charge in [0.1, 0.15) is 11.6 Å². The van der Waals surface area contributed by atoms with Crippen molar-refractivity contribution < 1.29 is 23.6 Å². The maximum absolute atomic E-state index is 12.1. The number of hydrogen-bond donors (Lipinski definition) is 2. The highest BCUT2D eigenvalue weighted by Gasteiger charge is 2.28. The third-order valence-electron chi connectivity index (χ3n) is 4.26. The first-order chi connectivity index (χ1) is 12.2. The van der Waals surface area contributed by atoms with E-state index in [1.54, 1.807) is 6.07 Å². The smallest absolute Gasteiger partial charge is 0.232 e. The number of carbonyl (C=O) groups excluding carboxylic acids is 2. The summed E-state index contributed by atoms with van der Waals surface area (Å²) in [4.78, 5) is 23.8. The van der Waals surface area contributed by atoms with E-state index in [9.17, 15) is 9.59 Å². The number of nitrogens with one attached hydrogen (secondary N) is 2. The molecule has 1 unspecified atom stereocenters. The maximum atomic E-state index is 12.1. The number of ether oxygens (including phenoxy) is 2. The molecule has 1 aromatic carbocycles. The lowest BCUT2D eigenvalue weighted by Gasteiger charge is -2.20. The topological polar surface area (TPSA) is 103 Å². The average Bonchev–Trinajstić information content (AvgIpc) is 3.28. The first-order valence-electron chi connectivity index (χ1n) is 8.12. The fraction of sp³-hybridized carbons (Fsp3) is 0.353. The second-order valence-corrected chi connectivity index (χ2v) is 5.95. The van der Waals surface area contributed by atoms with Gasteiger partial charge >= 0.3 is 0 Å². The Kier molecular flexibility index (Phi) is 4.01. The number of carbonyl (C=O) groups is 2. The Morgan fingerprint density at radius 2 is 2.16 bits per heavy atom. The van der Waals surface area contributed by atoms with Crippen molar-refractivity contribution in [3.05, 3.63) is 30.0 Å². The number of rotatable bonds is 4. The van der Waals surface area contributed by atoms with Gasteiger partial charge in [0.05, 0.1) is 6.54 Å². The molecule has 2 amide bonds. The Hall–Kier alpha value is -3.03. The molecule has 130 valence electrons. The van der Waals surface area contributed by atoms with Gasteiger partial charge in [-0.3, -0.25) is 9.59 Å². The number of benzene rings is 1. The van der Waals surface area contributed by atoms with Crippen LogP contribution in [-0.2, 0) is 16.1 Å². The first kappa shape index (κ1) is 15.5. The molecule has 3 heterocycles. The van der Waals surface area contributed by atoms with Gasteiger partial charge in [-0.15, -0.1) is 0 Å². The summed E-state index contributed by atoms with van der Waals surface area (Å²) in [5.41, 5.74) is 1.39. The second-order valence-electron chi connectivity index (χ2n) is 5.95. The van der Waals surface area contributed by atoms with Gasteiger partial charge in [-0.25, -0.2) is 0 Å². The van der Waals surface area contributed by atoms with Crippen molar-refractivity contribution in [3.8, 4) is 22.8 Å². The van der Waals surface area contributed by atoms with Gasteiger partial charge in [-0.2, -0.15) is 0 Å². The highest BCUT2D eigenvalue weighted by atomic mass is 16.7. The van der Waals surface area contributed by atoms with Crippen LogP contribution in [0.3, 0.4) is 0 Å². The molecule has 0 aliphatic carbocycles. The zero-order chi connectivity index (χ0) is 17.2. The molecule has 4 rings (SSSR count). The zero-order valence-corrected chi connectivity index (χ0v) is 13.4. The van der Waals surface area contributed by atoms with Crippen molar-refractivity contribution in [2.24, 2.45) is 5.92 Å². The average molecular weight is 343 g/mol. The van der Waals surface area contributed by atoms with Crippen molar-refractivity contribution in [3.63, 3.8) is 0 Å². The summed E-state index contributed by atoms with van der Waals surface area (Å²) >= 11 is 0. The Morgan fingerprint density at radius 1 is 1.28 bits per heavy atom. The van der Waals surface area contributed by atoms with Crippen molar-refractivity contribution in [2.75, 3.05) is 13.3 Å². The largest absolute Gasteiger partial charge is 0.454 e. The number of hydrogen-bond acceptors (Lipinski definition) is 6. The quantitative estimate of drug-likeness (QED) is 0.809. The Balaban J connectivity index is 1.40. The van der Waals surface area contributed by atoms with Crippen LogP contribution in [0.4, 0.5) is 0 Å². The summed E-state index contributed by atoms with van der Waals surface area (Å²) in [7, 11) is 0. The number of amides is 2. The van der Waals surface area contributed by atoms with Crippen LogP contribution in [0.15, 0.2) is 28.8 Å². The molecule has 2 aromatic rings. The predicted octanol–water partition coefficient (Wildman–Crippen LogP) is 1.21. The molecular formula is C17H17N3O5. The molecule has 1 fully saturated rings. The Morgan fingerprint density at radius 3 is 3.04 bits per heavy atom. The van der Waals surface area contributed by atoms with E-state index in [0.29, 0.717) is 35.9 Å². The number of aromatic nitrogens is 1. The molecule has 1 saturated heterocycles. The summed E-state index contributed by atoms with van der Waals surface area (Å²) in [5.74, 6) is 0.787. The lowest BCUT2D eigenvalue weighted by molar-refractivity contribution is -0.136.